The summed E-state index contributed by atoms with van der Waals surface area (Å²) in [5.41, 5.74) is 0.392. The second kappa shape index (κ2) is 5.30. The molecule has 0 spiro atoms. The van der Waals surface area contributed by atoms with Gasteiger partial charge in [0.25, 0.3) is 10.0 Å². The van der Waals surface area contributed by atoms with Crippen LogP contribution in [0.5, 0.6) is 0 Å². The van der Waals surface area contributed by atoms with Gasteiger partial charge in [0.15, 0.2) is 0 Å². The molecule has 1 N–H and O–H groups in total. The summed E-state index contributed by atoms with van der Waals surface area (Å²) in [5.74, 6) is 0.277. The highest BCUT2D eigenvalue weighted by Crippen LogP contribution is 2.55. The van der Waals surface area contributed by atoms with Gasteiger partial charge in [-0.1, -0.05) is 31.0 Å². The average Bonchev–Trinajstić information content (AvgIpc) is 3.28. The largest absolute Gasteiger partial charge is 0.274 e. The topological polar surface area (TPSA) is 76.1 Å². The number of benzene rings is 1. The molecule has 2 atom stereocenters. The van der Waals surface area contributed by atoms with Gasteiger partial charge in [-0.25, -0.2) is 13.1 Å². The Labute approximate surface area is 135 Å². The van der Waals surface area contributed by atoms with Crippen LogP contribution in [0.3, 0.4) is 0 Å². The van der Waals surface area contributed by atoms with Crippen LogP contribution in [-0.4, -0.2) is 19.3 Å². The standard InChI is InChI=1S/C17H18N2O3S/c20-17(15-12-7-1-2-8-13(12)15)19-23(21,22)14-9-3-5-11-6-4-10-18-16(11)14/h3-6,9-10,12-13,15H,1-2,7-8H2,(H,19,20)/t12-,13-/m1/s1. The smallest absolute Gasteiger partial charge is 0.266 e. The van der Waals surface area contributed by atoms with E-state index in [1.807, 2.05) is 0 Å². The van der Waals surface area contributed by atoms with Crippen molar-refractivity contribution in [2.75, 3.05) is 0 Å². The van der Waals surface area contributed by atoms with Crippen LogP contribution in [0.4, 0.5) is 0 Å². The fraction of sp³-hybridized carbons (Fsp3) is 0.412. The zero-order valence-corrected chi connectivity index (χ0v) is 13.4. The first kappa shape index (κ1) is 14.6. The Hall–Kier alpha value is -1.95. The van der Waals surface area contributed by atoms with Crippen LogP contribution >= 0.6 is 0 Å². The zero-order chi connectivity index (χ0) is 16.0. The van der Waals surface area contributed by atoms with E-state index in [9.17, 15) is 13.2 Å². The van der Waals surface area contributed by atoms with Crippen LogP contribution in [0, 0.1) is 17.8 Å². The highest BCUT2D eigenvalue weighted by Gasteiger charge is 2.55. The highest BCUT2D eigenvalue weighted by atomic mass is 32.2. The third kappa shape index (κ3) is 2.51. The van der Waals surface area contributed by atoms with Gasteiger partial charge in [-0.2, -0.15) is 0 Å². The van der Waals surface area contributed by atoms with E-state index in [1.54, 1.807) is 30.5 Å². The predicted octanol–water partition coefficient (Wildman–Crippen LogP) is 2.48. The number of hydrogen-bond donors (Lipinski definition) is 1. The van der Waals surface area contributed by atoms with Crippen LogP contribution in [0.2, 0.25) is 0 Å². The van der Waals surface area contributed by atoms with Crippen molar-refractivity contribution in [3.63, 3.8) is 0 Å². The summed E-state index contributed by atoms with van der Waals surface area (Å²) in [7, 11) is -3.90. The fourth-order valence-corrected chi connectivity index (χ4v) is 5.12. The van der Waals surface area contributed by atoms with Crippen molar-refractivity contribution < 1.29 is 13.2 Å². The molecule has 23 heavy (non-hydrogen) atoms. The Kier molecular flexibility index (Phi) is 3.37. The molecule has 1 aromatic carbocycles. The maximum atomic E-state index is 12.6. The van der Waals surface area contributed by atoms with Gasteiger partial charge in [0.1, 0.15) is 4.90 Å². The van der Waals surface area contributed by atoms with Crippen LogP contribution < -0.4 is 4.72 Å². The molecule has 0 aliphatic heterocycles. The van der Waals surface area contributed by atoms with Crippen LogP contribution in [0.1, 0.15) is 25.7 Å². The molecule has 120 valence electrons. The number of para-hydroxylation sites is 1. The van der Waals surface area contributed by atoms with Crippen molar-refractivity contribution in [1.82, 2.24) is 9.71 Å². The number of nitrogens with zero attached hydrogens (tertiary/aromatic N) is 1. The maximum absolute atomic E-state index is 12.6. The van der Waals surface area contributed by atoms with Gasteiger partial charge < -0.3 is 0 Å². The lowest BCUT2D eigenvalue weighted by atomic mass is 10.0. The Morgan fingerprint density at radius 2 is 1.78 bits per heavy atom. The van der Waals surface area contributed by atoms with Crippen LogP contribution in [0.25, 0.3) is 10.9 Å². The minimum absolute atomic E-state index is 0.0626. The number of sulfonamides is 1. The first-order chi connectivity index (χ1) is 11.1. The van der Waals surface area contributed by atoms with Gasteiger partial charge in [-0.3, -0.25) is 9.78 Å². The van der Waals surface area contributed by atoms with Gasteiger partial charge in [-0.05, 0) is 36.8 Å². The lowest BCUT2D eigenvalue weighted by molar-refractivity contribution is -0.121. The number of amides is 1. The SMILES string of the molecule is O=C(NS(=O)(=O)c1cccc2cccnc12)C1[C@@H]2CCCC[C@@H]12. The van der Waals surface area contributed by atoms with E-state index in [0.29, 0.717) is 17.4 Å². The zero-order valence-electron chi connectivity index (χ0n) is 12.6. The normalized spacial score (nSPS) is 26.5. The second-order valence-electron chi connectivity index (χ2n) is 6.44. The van der Waals surface area contributed by atoms with Gasteiger partial charge in [0, 0.05) is 17.5 Å². The first-order valence-electron chi connectivity index (χ1n) is 7.98. The molecule has 5 nitrogen and oxygen atoms in total. The summed E-state index contributed by atoms with van der Waals surface area (Å²) in [6, 6.07) is 8.52. The van der Waals surface area contributed by atoms with Gasteiger partial charge in [-0.15, -0.1) is 0 Å². The molecule has 0 saturated heterocycles. The maximum Gasteiger partial charge on any atom is 0.266 e. The van der Waals surface area contributed by atoms with E-state index < -0.39 is 10.0 Å². The number of pyridine rings is 1. The lowest BCUT2D eigenvalue weighted by Crippen LogP contribution is -2.32. The number of hydrogen-bond acceptors (Lipinski definition) is 4. The number of fused-ring (bicyclic) bond motifs is 2. The Morgan fingerprint density at radius 3 is 2.52 bits per heavy atom. The number of carbonyl (C=O) groups is 1. The van der Waals surface area contributed by atoms with Crippen molar-refractivity contribution in [2.24, 2.45) is 17.8 Å². The van der Waals surface area contributed by atoms with Crippen LogP contribution in [-0.2, 0) is 14.8 Å². The molecule has 1 amide bonds. The lowest BCUT2D eigenvalue weighted by Gasteiger charge is -2.09. The van der Waals surface area contributed by atoms with E-state index in [4.69, 9.17) is 0 Å². The molecule has 2 aromatic rings. The molecule has 2 aliphatic carbocycles. The molecular weight excluding hydrogens is 312 g/mol. The average molecular weight is 330 g/mol. The molecule has 4 rings (SSSR count). The molecule has 0 radical (unpaired) electrons. The van der Waals surface area contributed by atoms with Crippen molar-refractivity contribution in [3.8, 4) is 0 Å². The van der Waals surface area contributed by atoms with Gasteiger partial charge in [0.05, 0.1) is 5.52 Å². The Balaban J connectivity index is 1.61. The third-order valence-electron chi connectivity index (χ3n) is 5.08. The molecular formula is C17H18N2O3S. The minimum atomic E-state index is -3.90. The summed E-state index contributed by atoms with van der Waals surface area (Å²) >= 11 is 0. The minimum Gasteiger partial charge on any atom is -0.274 e. The molecule has 1 heterocycles. The van der Waals surface area contributed by atoms with E-state index in [2.05, 4.69) is 9.71 Å². The molecule has 0 unspecified atom stereocenters. The Morgan fingerprint density at radius 1 is 1.09 bits per heavy atom. The summed E-state index contributed by atoms with van der Waals surface area (Å²) in [6.45, 7) is 0. The van der Waals surface area contributed by atoms with E-state index in [1.165, 1.54) is 6.07 Å². The summed E-state index contributed by atoms with van der Waals surface area (Å²) in [4.78, 5) is 16.6. The quantitative estimate of drug-likeness (QED) is 0.938. The molecule has 6 heteroatoms. The van der Waals surface area contributed by atoms with Gasteiger partial charge in [0.2, 0.25) is 5.91 Å². The second-order valence-corrected chi connectivity index (χ2v) is 8.09. The number of nitrogens with one attached hydrogen (secondary N) is 1. The first-order valence-corrected chi connectivity index (χ1v) is 9.47. The number of rotatable bonds is 3. The van der Waals surface area contributed by atoms with E-state index in [0.717, 1.165) is 31.1 Å². The molecule has 2 saturated carbocycles. The van der Waals surface area contributed by atoms with E-state index in [-0.39, 0.29) is 16.7 Å². The van der Waals surface area contributed by atoms with Crippen LogP contribution in [0.15, 0.2) is 41.4 Å². The predicted molar refractivity (Wildman–Crippen MR) is 86.0 cm³/mol. The summed E-state index contributed by atoms with van der Waals surface area (Å²) < 4.78 is 27.5. The molecule has 1 aromatic heterocycles. The third-order valence-corrected chi connectivity index (χ3v) is 6.46. The Bertz CT molecular complexity index is 861. The number of carbonyl (C=O) groups excluding carboxylic acids is 1. The van der Waals surface area contributed by atoms with Crippen molar-refractivity contribution in [3.05, 3.63) is 36.5 Å². The monoisotopic (exact) mass is 330 g/mol. The molecule has 0 bridgehead atoms. The van der Waals surface area contributed by atoms with Gasteiger partial charge >= 0.3 is 0 Å². The van der Waals surface area contributed by atoms with E-state index >= 15 is 0 Å². The molecule has 2 fully saturated rings. The fourth-order valence-electron chi connectivity index (χ4n) is 3.93. The molecule has 2 aliphatic rings. The summed E-state index contributed by atoms with van der Waals surface area (Å²) in [5, 5.41) is 0.739. The van der Waals surface area contributed by atoms with Crippen molar-refractivity contribution in [1.29, 1.82) is 0 Å². The van der Waals surface area contributed by atoms with Crippen molar-refractivity contribution in [2.45, 2.75) is 30.6 Å². The summed E-state index contributed by atoms with van der Waals surface area (Å²) in [6.07, 6.45) is 5.92. The van der Waals surface area contributed by atoms with Crippen molar-refractivity contribution >= 4 is 26.8 Å². The number of aromatic nitrogens is 1. The highest BCUT2D eigenvalue weighted by molar-refractivity contribution is 7.90.